The Kier molecular flexibility index (Phi) is 3.55. The normalized spacial score (nSPS) is 15.4. The Labute approximate surface area is 145 Å². The molecule has 23 heavy (non-hydrogen) atoms. The number of aromatic nitrogens is 1. The molecule has 0 atom stereocenters. The van der Waals surface area contributed by atoms with Crippen molar-refractivity contribution in [2.24, 2.45) is 7.05 Å². The molecule has 1 aliphatic heterocycles. The van der Waals surface area contributed by atoms with E-state index in [0.29, 0.717) is 0 Å². The van der Waals surface area contributed by atoms with Crippen molar-refractivity contribution < 1.29 is 4.57 Å². The number of nitrogens with zero attached hydrogens (tertiary/aromatic N) is 2. The molecule has 0 saturated carbocycles. The first kappa shape index (κ1) is 14.6. The fourth-order valence-electron chi connectivity index (χ4n) is 2.91. The number of thioether (sulfide) groups is 1. The number of fused-ring (bicyclic) bond motifs is 2. The zero-order valence-corrected chi connectivity index (χ0v) is 14.5. The SMILES string of the molecule is CN1/C(=C/c2ccc3cc(Cl)ccc3[n+]2C)Sc2ccccc21. The zero-order chi connectivity index (χ0) is 16.0. The molecular weight excluding hydrogens is 324 g/mol. The fourth-order valence-corrected chi connectivity index (χ4v) is 4.19. The number of rotatable bonds is 1. The van der Waals surface area contributed by atoms with Gasteiger partial charge in [-0.05, 0) is 30.3 Å². The maximum Gasteiger partial charge on any atom is 0.212 e. The minimum absolute atomic E-state index is 0.769. The molecule has 4 heteroatoms. The summed E-state index contributed by atoms with van der Waals surface area (Å²) in [5.74, 6) is 0. The first-order valence-corrected chi connectivity index (χ1v) is 8.63. The van der Waals surface area contributed by atoms with E-state index in [1.165, 1.54) is 26.8 Å². The van der Waals surface area contributed by atoms with Crippen LogP contribution < -0.4 is 9.47 Å². The third-order valence-electron chi connectivity index (χ3n) is 4.21. The highest BCUT2D eigenvalue weighted by Gasteiger charge is 2.22. The van der Waals surface area contributed by atoms with Gasteiger partial charge in [0.2, 0.25) is 11.2 Å². The molecule has 1 aliphatic rings. The van der Waals surface area contributed by atoms with Gasteiger partial charge in [0.05, 0.1) is 10.7 Å². The van der Waals surface area contributed by atoms with Gasteiger partial charge >= 0.3 is 0 Å². The number of aryl methyl sites for hydroxylation is 1. The molecule has 2 nitrogen and oxygen atoms in total. The summed E-state index contributed by atoms with van der Waals surface area (Å²) in [6.07, 6.45) is 2.23. The molecule has 0 unspecified atom stereocenters. The number of benzene rings is 2. The first-order chi connectivity index (χ1) is 11.1. The smallest absolute Gasteiger partial charge is 0.212 e. The van der Waals surface area contributed by atoms with Crippen molar-refractivity contribution in [3.63, 3.8) is 0 Å². The number of hydrogen-bond donors (Lipinski definition) is 0. The lowest BCUT2D eigenvalue weighted by Gasteiger charge is -2.12. The first-order valence-electron chi connectivity index (χ1n) is 7.44. The summed E-state index contributed by atoms with van der Waals surface area (Å²) in [5, 5.41) is 3.15. The van der Waals surface area contributed by atoms with E-state index >= 15 is 0 Å². The van der Waals surface area contributed by atoms with Crippen LogP contribution in [-0.4, -0.2) is 7.05 Å². The lowest BCUT2D eigenvalue weighted by Crippen LogP contribution is -2.33. The second-order valence-electron chi connectivity index (χ2n) is 5.63. The summed E-state index contributed by atoms with van der Waals surface area (Å²) in [6.45, 7) is 0. The van der Waals surface area contributed by atoms with E-state index in [1.807, 2.05) is 23.9 Å². The maximum atomic E-state index is 6.09. The molecule has 0 fully saturated rings. The number of hydrogen-bond acceptors (Lipinski definition) is 2. The van der Waals surface area contributed by atoms with Gasteiger partial charge in [0, 0.05) is 40.6 Å². The van der Waals surface area contributed by atoms with Crippen molar-refractivity contribution in [2.75, 3.05) is 11.9 Å². The van der Waals surface area contributed by atoms with Crippen LogP contribution >= 0.6 is 23.4 Å². The molecule has 0 saturated heterocycles. The van der Waals surface area contributed by atoms with Gasteiger partial charge in [-0.2, -0.15) is 4.57 Å². The van der Waals surface area contributed by atoms with E-state index in [2.05, 4.69) is 72.1 Å². The quantitative estimate of drug-likeness (QED) is 0.585. The minimum Gasteiger partial charge on any atom is -0.338 e. The Balaban J connectivity index is 1.79. The number of pyridine rings is 1. The number of halogens is 1. The third-order valence-corrected chi connectivity index (χ3v) is 5.62. The summed E-state index contributed by atoms with van der Waals surface area (Å²) in [7, 11) is 4.21. The van der Waals surface area contributed by atoms with Gasteiger partial charge in [-0.15, -0.1) is 0 Å². The predicted octanol–water partition coefficient (Wildman–Crippen LogP) is 4.86. The van der Waals surface area contributed by atoms with Crippen LogP contribution in [0.2, 0.25) is 5.02 Å². The highest BCUT2D eigenvalue weighted by molar-refractivity contribution is 8.03. The molecule has 0 amide bonds. The van der Waals surface area contributed by atoms with Crippen molar-refractivity contribution >= 4 is 46.0 Å². The van der Waals surface area contributed by atoms with Crippen molar-refractivity contribution in [1.29, 1.82) is 0 Å². The predicted molar refractivity (Wildman–Crippen MR) is 98.8 cm³/mol. The molecule has 1 aromatic heterocycles. The highest BCUT2D eigenvalue weighted by Crippen LogP contribution is 2.45. The summed E-state index contributed by atoms with van der Waals surface area (Å²) < 4.78 is 2.20. The molecule has 4 rings (SSSR count). The van der Waals surface area contributed by atoms with Crippen molar-refractivity contribution in [3.8, 4) is 0 Å². The van der Waals surface area contributed by atoms with Gasteiger partial charge in [0.15, 0.2) is 0 Å². The molecule has 0 radical (unpaired) electrons. The van der Waals surface area contributed by atoms with Crippen LogP contribution in [0.15, 0.2) is 64.5 Å². The summed E-state index contributed by atoms with van der Waals surface area (Å²) in [5.41, 5.74) is 3.60. The van der Waals surface area contributed by atoms with E-state index in [1.54, 1.807) is 0 Å². The topological polar surface area (TPSA) is 7.12 Å². The average Bonchev–Trinajstić information content (AvgIpc) is 2.87. The Morgan fingerprint density at radius 3 is 2.74 bits per heavy atom. The Hall–Kier alpha value is -1.97. The molecule has 2 aromatic carbocycles. The van der Waals surface area contributed by atoms with Crippen molar-refractivity contribution in [1.82, 2.24) is 0 Å². The molecular formula is C19H16ClN2S+. The van der Waals surface area contributed by atoms with E-state index < -0.39 is 0 Å². The van der Waals surface area contributed by atoms with Gasteiger partial charge in [-0.3, -0.25) is 0 Å². The van der Waals surface area contributed by atoms with Crippen LogP contribution in [0.1, 0.15) is 5.69 Å². The van der Waals surface area contributed by atoms with Crippen molar-refractivity contribution in [3.05, 3.63) is 70.3 Å². The highest BCUT2D eigenvalue weighted by atomic mass is 35.5. The van der Waals surface area contributed by atoms with Crippen LogP contribution in [0.4, 0.5) is 5.69 Å². The zero-order valence-electron chi connectivity index (χ0n) is 13.0. The van der Waals surface area contributed by atoms with Gasteiger partial charge in [0.25, 0.3) is 0 Å². The summed E-state index contributed by atoms with van der Waals surface area (Å²) in [4.78, 5) is 3.54. The van der Waals surface area contributed by atoms with Crippen LogP contribution in [-0.2, 0) is 7.05 Å². The molecule has 3 aromatic rings. The second kappa shape index (κ2) is 5.59. The summed E-state index contributed by atoms with van der Waals surface area (Å²) in [6, 6.07) is 18.8. The van der Waals surface area contributed by atoms with Crippen LogP contribution in [0.25, 0.3) is 17.0 Å². The van der Waals surface area contributed by atoms with Crippen LogP contribution in [0.3, 0.4) is 0 Å². The van der Waals surface area contributed by atoms with Gasteiger partial charge in [0.1, 0.15) is 7.05 Å². The standard InChI is InChI=1S/C19H16ClN2S/c1-21-15(9-7-13-11-14(20)8-10-16(13)21)12-19-22(2)17-5-3-4-6-18(17)23-19/h3-12H,1-2H3/q+1. The Morgan fingerprint density at radius 2 is 1.91 bits per heavy atom. The lowest BCUT2D eigenvalue weighted by molar-refractivity contribution is -0.646. The van der Waals surface area contributed by atoms with Gasteiger partial charge in [-0.25, -0.2) is 0 Å². The second-order valence-corrected chi connectivity index (χ2v) is 7.13. The average molecular weight is 340 g/mol. The fraction of sp³-hybridized carbons (Fsp3) is 0.105. The van der Waals surface area contributed by atoms with Crippen molar-refractivity contribution in [2.45, 2.75) is 4.90 Å². The van der Waals surface area contributed by atoms with E-state index in [9.17, 15) is 0 Å². The molecule has 114 valence electrons. The molecule has 0 spiro atoms. The Bertz CT molecular complexity index is 949. The number of anilines is 1. The lowest BCUT2D eigenvalue weighted by atomic mass is 10.2. The summed E-state index contributed by atoms with van der Waals surface area (Å²) >= 11 is 7.90. The molecule has 0 bridgehead atoms. The van der Waals surface area contributed by atoms with Gasteiger partial charge in [-0.1, -0.05) is 35.5 Å². The third kappa shape index (κ3) is 2.50. The Morgan fingerprint density at radius 1 is 1.09 bits per heavy atom. The molecule has 2 heterocycles. The van der Waals surface area contributed by atoms with E-state index in [-0.39, 0.29) is 0 Å². The molecule has 0 aliphatic carbocycles. The number of para-hydroxylation sites is 1. The monoisotopic (exact) mass is 339 g/mol. The molecule has 0 N–H and O–H groups in total. The van der Waals surface area contributed by atoms with E-state index in [0.717, 1.165) is 10.4 Å². The minimum atomic E-state index is 0.769. The maximum absolute atomic E-state index is 6.09. The van der Waals surface area contributed by atoms with Gasteiger partial charge < -0.3 is 4.90 Å². The van der Waals surface area contributed by atoms with Crippen LogP contribution in [0, 0.1) is 0 Å². The van der Waals surface area contributed by atoms with E-state index in [4.69, 9.17) is 11.6 Å². The van der Waals surface area contributed by atoms with Crippen LogP contribution in [0.5, 0.6) is 0 Å². The largest absolute Gasteiger partial charge is 0.338 e.